The van der Waals surface area contributed by atoms with Crippen LogP contribution < -0.4 is 15.0 Å². The van der Waals surface area contributed by atoms with Gasteiger partial charge >= 0.3 is 0 Å². The standard InChI is InChI=1S/C26H19N3O4S/c1-32-20-11-12-23-21(14-20)16(15-27-23)13-22-24(30)28-26(34)29(25(22)31)17-7-9-19(10-8-17)33-18-5-3-2-4-6-18/h2-15,31H,1H3,(H,28,30,34). The fourth-order valence-electron chi connectivity index (χ4n) is 3.66. The predicted molar refractivity (Wildman–Crippen MR) is 134 cm³/mol. The van der Waals surface area contributed by atoms with E-state index in [4.69, 9.17) is 21.7 Å². The number of methoxy groups -OCH3 is 1. The first-order valence-corrected chi connectivity index (χ1v) is 10.8. The van der Waals surface area contributed by atoms with Gasteiger partial charge in [0.25, 0.3) is 5.56 Å². The molecule has 0 unspecified atom stereocenters. The highest BCUT2D eigenvalue weighted by Gasteiger charge is 2.18. The average molecular weight is 470 g/mol. The Morgan fingerprint density at radius 3 is 2.44 bits per heavy atom. The van der Waals surface area contributed by atoms with Gasteiger partial charge < -0.3 is 14.6 Å². The van der Waals surface area contributed by atoms with Gasteiger partial charge in [0, 0.05) is 17.4 Å². The summed E-state index contributed by atoms with van der Waals surface area (Å²) >= 11 is 5.34. The SMILES string of the molecule is COc1ccc2c(c1)C(=Cc1c(O)n(-c3ccc(Oc4ccccc4)cc3)c(=S)[nH]c1=O)C=N2. The number of nitrogens with zero attached hydrogens (tertiary/aromatic N) is 2. The van der Waals surface area contributed by atoms with Crippen molar-refractivity contribution in [3.8, 4) is 28.8 Å². The fraction of sp³-hybridized carbons (Fsp3) is 0.0385. The maximum absolute atomic E-state index is 12.7. The van der Waals surface area contributed by atoms with Crippen molar-refractivity contribution in [3.63, 3.8) is 0 Å². The van der Waals surface area contributed by atoms with E-state index in [1.165, 1.54) is 4.57 Å². The predicted octanol–water partition coefficient (Wildman–Crippen LogP) is 5.66. The maximum Gasteiger partial charge on any atom is 0.262 e. The molecule has 168 valence electrons. The van der Waals surface area contributed by atoms with Crippen molar-refractivity contribution in [2.24, 2.45) is 4.99 Å². The molecule has 0 saturated carbocycles. The molecule has 7 nitrogen and oxygen atoms in total. The number of H-pyrrole nitrogens is 1. The van der Waals surface area contributed by atoms with Gasteiger partial charge in [-0.3, -0.25) is 19.3 Å². The summed E-state index contributed by atoms with van der Waals surface area (Å²) in [7, 11) is 1.58. The third-order valence-corrected chi connectivity index (χ3v) is 5.64. The Kier molecular flexibility index (Phi) is 5.57. The number of ether oxygens (including phenoxy) is 2. The van der Waals surface area contributed by atoms with Gasteiger partial charge in [-0.05, 0) is 72.9 Å². The number of aliphatic imine (C=N–C) groups is 1. The Hall–Kier alpha value is -4.43. The molecule has 1 aromatic heterocycles. The van der Waals surface area contributed by atoms with Crippen LogP contribution in [0.4, 0.5) is 5.69 Å². The quantitative estimate of drug-likeness (QED) is 0.368. The van der Waals surface area contributed by atoms with Crippen molar-refractivity contribution >= 4 is 35.8 Å². The van der Waals surface area contributed by atoms with Crippen LogP contribution in [0, 0.1) is 4.77 Å². The van der Waals surface area contributed by atoms with Crippen LogP contribution in [-0.2, 0) is 0 Å². The fourth-order valence-corrected chi connectivity index (χ4v) is 3.95. The highest BCUT2D eigenvalue weighted by Crippen LogP contribution is 2.36. The summed E-state index contributed by atoms with van der Waals surface area (Å²) in [4.78, 5) is 19.7. The molecule has 2 heterocycles. The summed E-state index contributed by atoms with van der Waals surface area (Å²) in [5.74, 6) is 1.73. The number of aromatic nitrogens is 2. The van der Waals surface area contributed by atoms with Gasteiger partial charge in [-0.15, -0.1) is 0 Å². The summed E-state index contributed by atoms with van der Waals surface area (Å²) in [6.45, 7) is 0. The molecule has 1 aliphatic rings. The molecular weight excluding hydrogens is 450 g/mol. The topological polar surface area (TPSA) is 88.8 Å². The van der Waals surface area contributed by atoms with E-state index in [-0.39, 0.29) is 16.2 Å². The molecule has 8 heteroatoms. The van der Waals surface area contributed by atoms with Crippen LogP contribution in [0.1, 0.15) is 11.1 Å². The minimum atomic E-state index is -0.500. The summed E-state index contributed by atoms with van der Waals surface area (Å²) in [6.07, 6.45) is 3.23. The number of para-hydroxylation sites is 1. The average Bonchev–Trinajstić information content (AvgIpc) is 3.25. The summed E-state index contributed by atoms with van der Waals surface area (Å²) in [6, 6.07) is 21.9. The number of rotatable bonds is 5. The second kappa shape index (κ2) is 8.84. The van der Waals surface area contributed by atoms with Crippen LogP contribution in [0.2, 0.25) is 0 Å². The van der Waals surface area contributed by atoms with Crippen molar-refractivity contribution in [1.29, 1.82) is 0 Å². The van der Waals surface area contributed by atoms with Gasteiger partial charge in [-0.25, -0.2) is 0 Å². The van der Waals surface area contributed by atoms with Gasteiger partial charge in [0.1, 0.15) is 22.8 Å². The van der Waals surface area contributed by atoms with Gasteiger partial charge in [0.05, 0.1) is 18.5 Å². The first-order chi connectivity index (χ1) is 16.5. The Balaban J connectivity index is 1.53. The van der Waals surface area contributed by atoms with Crippen LogP contribution in [-0.4, -0.2) is 28.0 Å². The second-order valence-electron chi connectivity index (χ2n) is 7.48. The third kappa shape index (κ3) is 4.02. The van der Waals surface area contributed by atoms with E-state index in [0.717, 1.165) is 11.3 Å². The molecule has 0 radical (unpaired) electrons. The molecule has 2 N–H and O–H groups in total. The molecule has 0 fully saturated rings. The molecule has 34 heavy (non-hydrogen) atoms. The van der Waals surface area contributed by atoms with Crippen molar-refractivity contribution in [2.75, 3.05) is 7.11 Å². The van der Waals surface area contributed by atoms with Gasteiger partial charge in [0.15, 0.2) is 4.77 Å². The number of aromatic amines is 1. The Labute approximate surface area is 199 Å². The molecule has 1 aliphatic heterocycles. The molecule has 5 rings (SSSR count). The lowest BCUT2D eigenvalue weighted by molar-refractivity contribution is 0.415. The highest BCUT2D eigenvalue weighted by molar-refractivity contribution is 7.71. The molecular formula is C26H19N3O4S. The van der Waals surface area contributed by atoms with Gasteiger partial charge in [-0.2, -0.15) is 0 Å². The molecule has 0 saturated heterocycles. The summed E-state index contributed by atoms with van der Waals surface area (Å²) < 4.78 is 12.6. The largest absolute Gasteiger partial charge is 0.497 e. The van der Waals surface area contributed by atoms with E-state index in [0.29, 0.717) is 28.5 Å². The van der Waals surface area contributed by atoms with Crippen LogP contribution in [0.25, 0.3) is 17.3 Å². The Bertz CT molecular complexity index is 1550. The molecule has 4 aromatic rings. The smallest absolute Gasteiger partial charge is 0.262 e. The normalized spacial score (nSPS) is 13.1. The van der Waals surface area contributed by atoms with E-state index in [1.807, 2.05) is 48.5 Å². The summed E-state index contributed by atoms with van der Waals surface area (Å²) in [5.41, 5.74) is 2.36. The Morgan fingerprint density at radius 2 is 1.71 bits per heavy atom. The number of allylic oxidation sites excluding steroid dienone is 1. The maximum atomic E-state index is 12.7. The zero-order valence-electron chi connectivity index (χ0n) is 18.1. The molecule has 0 amide bonds. The van der Waals surface area contributed by atoms with Gasteiger partial charge in [0.2, 0.25) is 5.88 Å². The highest BCUT2D eigenvalue weighted by atomic mass is 32.1. The monoisotopic (exact) mass is 469 g/mol. The van der Waals surface area contributed by atoms with Gasteiger partial charge in [-0.1, -0.05) is 18.2 Å². The number of benzene rings is 3. The van der Waals surface area contributed by atoms with Crippen LogP contribution in [0.5, 0.6) is 23.1 Å². The lowest BCUT2D eigenvalue weighted by atomic mass is 10.0. The van der Waals surface area contributed by atoms with Crippen molar-refractivity contribution in [1.82, 2.24) is 9.55 Å². The number of aromatic hydroxyl groups is 1. The van der Waals surface area contributed by atoms with Crippen molar-refractivity contribution in [3.05, 3.63) is 99.0 Å². The minimum Gasteiger partial charge on any atom is -0.497 e. The molecule has 0 aliphatic carbocycles. The third-order valence-electron chi connectivity index (χ3n) is 5.35. The van der Waals surface area contributed by atoms with E-state index in [2.05, 4.69) is 9.98 Å². The zero-order chi connectivity index (χ0) is 23.7. The number of hydrogen-bond donors (Lipinski definition) is 2. The number of nitrogens with one attached hydrogen (secondary N) is 1. The lowest BCUT2D eigenvalue weighted by Gasteiger charge is -2.13. The van der Waals surface area contributed by atoms with E-state index in [1.54, 1.807) is 43.7 Å². The van der Waals surface area contributed by atoms with Crippen LogP contribution >= 0.6 is 12.2 Å². The Morgan fingerprint density at radius 1 is 1.00 bits per heavy atom. The summed E-state index contributed by atoms with van der Waals surface area (Å²) in [5, 5.41) is 11.0. The van der Waals surface area contributed by atoms with Crippen LogP contribution in [0.3, 0.4) is 0 Å². The number of fused-ring (bicyclic) bond motifs is 1. The first-order valence-electron chi connectivity index (χ1n) is 10.4. The first kappa shape index (κ1) is 21.4. The second-order valence-corrected chi connectivity index (χ2v) is 7.87. The molecule has 3 aromatic carbocycles. The number of hydrogen-bond acceptors (Lipinski definition) is 6. The van der Waals surface area contributed by atoms with E-state index in [9.17, 15) is 9.90 Å². The van der Waals surface area contributed by atoms with E-state index < -0.39 is 5.56 Å². The van der Waals surface area contributed by atoms with Crippen molar-refractivity contribution < 1.29 is 14.6 Å². The molecule has 0 bridgehead atoms. The lowest BCUT2D eigenvalue weighted by Crippen LogP contribution is -2.16. The van der Waals surface area contributed by atoms with Crippen molar-refractivity contribution in [2.45, 2.75) is 0 Å². The zero-order valence-corrected chi connectivity index (χ0v) is 18.9. The van der Waals surface area contributed by atoms with E-state index >= 15 is 0 Å². The minimum absolute atomic E-state index is 0.0651. The molecule has 0 spiro atoms. The van der Waals surface area contributed by atoms with Crippen LogP contribution in [0.15, 0.2) is 82.6 Å². The molecule has 0 atom stereocenters.